The molecule has 0 saturated heterocycles. The molecule has 0 fully saturated rings. The Morgan fingerprint density at radius 3 is 1.36 bits per heavy atom. The van der Waals surface area contributed by atoms with Gasteiger partial charge in [0.1, 0.15) is 0 Å². The monoisotopic (exact) mass is 172 g/mol. The van der Waals surface area contributed by atoms with Gasteiger partial charge < -0.3 is 0 Å². The first-order chi connectivity index (χ1) is 4.83. The lowest BCUT2D eigenvalue weighted by Crippen LogP contribution is -2.31. The zero-order chi connectivity index (χ0) is 9.12. The second kappa shape index (κ2) is 2.98. The number of rotatable bonds is 4. The van der Waals surface area contributed by atoms with Crippen molar-refractivity contribution in [3.8, 4) is 0 Å². The van der Waals surface area contributed by atoms with Crippen LogP contribution in [0.1, 0.15) is 6.42 Å². The highest BCUT2D eigenvalue weighted by molar-refractivity contribution is 5.65. The van der Waals surface area contributed by atoms with Crippen molar-refractivity contribution < 1.29 is 27.2 Å². The summed E-state index contributed by atoms with van der Waals surface area (Å²) in [7, 11) is 0. The van der Waals surface area contributed by atoms with Crippen molar-refractivity contribution in [3.05, 3.63) is 0 Å². The molecule has 0 unspecified atom stereocenters. The van der Waals surface area contributed by atoms with Gasteiger partial charge in [-0.15, -0.1) is 0 Å². The Labute approximate surface area is 59.2 Å². The van der Waals surface area contributed by atoms with Crippen LogP contribution in [0.2, 0.25) is 0 Å². The standard InChI is InChI=1S/C5H4F4O2/c6-4(7,2-10)1-5(8,9)3-11/h2-3H,1H2. The number of halogens is 4. The van der Waals surface area contributed by atoms with Gasteiger partial charge in [-0.2, -0.15) is 17.6 Å². The third-order valence-electron chi connectivity index (χ3n) is 0.816. The average Bonchev–Trinajstić information content (AvgIpc) is 1.86. The summed E-state index contributed by atoms with van der Waals surface area (Å²) in [5.41, 5.74) is 0. The molecule has 0 bridgehead atoms. The van der Waals surface area contributed by atoms with Crippen LogP contribution in [0.3, 0.4) is 0 Å². The number of alkyl halides is 4. The molecule has 6 heteroatoms. The topological polar surface area (TPSA) is 34.1 Å². The minimum absolute atomic E-state index is 0.912. The minimum Gasteiger partial charge on any atom is -0.297 e. The molecule has 0 N–H and O–H groups in total. The summed E-state index contributed by atoms with van der Waals surface area (Å²) in [6, 6.07) is 0. The molecule has 64 valence electrons. The predicted molar refractivity (Wildman–Crippen MR) is 26.6 cm³/mol. The number of aldehydes is 2. The van der Waals surface area contributed by atoms with Crippen molar-refractivity contribution in [2.75, 3.05) is 0 Å². The number of carbonyl (C=O) groups excluding carboxylic acids is 2. The van der Waals surface area contributed by atoms with Crippen molar-refractivity contribution in [2.45, 2.75) is 18.3 Å². The summed E-state index contributed by atoms with van der Waals surface area (Å²) in [4.78, 5) is 18.8. The van der Waals surface area contributed by atoms with Gasteiger partial charge in [0, 0.05) is 0 Å². The normalized spacial score (nSPS) is 12.7. The molecule has 0 heterocycles. The summed E-state index contributed by atoms with van der Waals surface area (Å²) < 4.78 is 47.3. The lowest BCUT2D eigenvalue weighted by molar-refractivity contribution is -0.151. The van der Waals surface area contributed by atoms with Crippen LogP contribution in [0.25, 0.3) is 0 Å². The lowest BCUT2D eigenvalue weighted by Gasteiger charge is -2.12. The molecular weight excluding hydrogens is 168 g/mol. The molecule has 11 heavy (non-hydrogen) atoms. The lowest BCUT2D eigenvalue weighted by atomic mass is 10.1. The molecule has 0 rings (SSSR count). The molecule has 0 aliphatic rings. The van der Waals surface area contributed by atoms with Crippen LogP contribution in [-0.2, 0) is 9.59 Å². The molecule has 0 aromatic rings. The Bertz CT molecular complexity index is 148. The maximum Gasteiger partial charge on any atom is 0.308 e. The fourth-order valence-electron chi connectivity index (χ4n) is 0.398. The molecule has 2 nitrogen and oxygen atoms in total. The Morgan fingerprint density at radius 1 is 0.909 bits per heavy atom. The molecule has 0 aromatic carbocycles. The van der Waals surface area contributed by atoms with Crippen molar-refractivity contribution in [3.63, 3.8) is 0 Å². The summed E-state index contributed by atoms with van der Waals surface area (Å²) in [5.74, 6) is -8.27. The van der Waals surface area contributed by atoms with Crippen molar-refractivity contribution in [1.29, 1.82) is 0 Å². The van der Waals surface area contributed by atoms with E-state index in [-0.39, 0.29) is 0 Å². The maximum absolute atomic E-state index is 11.8. The Hall–Kier alpha value is -0.940. The molecule has 0 atom stereocenters. The van der Waals surface area contributed by atoms with E-state index in [1.165, 1.54) is 0 Å². The second-order valence-electron chi connectivity index (χ2n) is 1.93. The van der Waals surface area contributed by atoms with E-state index in [0.717, 1.165) is 0 Å². The van der Waals surface area contributed by atoms with E-state index >= 15 is 0 Å². The van der Waals surface area contributed by atoms with Crippen molar-refractivity contribution in [2.24, 2.45) is 0 Å². The first-order valence-corrected chi connectivity index (χ1v) is 2.51. The quantitative estimate of drug-likeness (QED) is 0.469. The van der Waals surface area contributed by atoms with E-state index in [1.807, 2.05) is 0 Å². The number of hydrogen-bond acceptors (Lipinski definition) is 2. The van der Waals surface area contributed by atoms with Crippen molar-refractivity contribution >= 4 is 12.6 Å². The van der Waals surface area contributed by atoms with Gasteiger partial charge >= 0.3 is 11.8 Å². The van der Waals surface area contributed by atoms with Gasteiger partial charge in [-0.25, -0.2) is 0 Å². The number of carbonyl (C=O) groups is 2. The van der Waals surface area contributed by atoms with Gasteiger partial charge in [0.15, 0.2) is 12.6 Å². The first-order valence-electron chi connectivity index (χ1n) is 2.51. The van der Waals surface area contributed by atoms with Crippen LogP contribution >= 0.6 is 0 Å². The molecule has 0 aromatic heterocycles. The fraction of sp³-hybridized carbons (Fsp3) is 0.600. The molecule has 0 radical (unpaired) electrons. The molecule has 0 saturated carbocycles. The second-order valence-corrected chi connectivity index (χ2v) is 1.93. The van der Waals surface area contributed by atoms with Crippen molar-refractivity contribution in [1.82, 2.24) is 0 Å². The zero-order valence-corrected chi connectivity index (χ0v) is 5.19. The SMILES string of the molecule is O=CC(F)(F)CC(F)(F)C=O. The third kappa shape index (κ3) is 3.69. The largest absolute Gasteiger partial charge is 0.308 e. The van der Waals surface area contributed by atoms with E-state index in [2.05, 4.69) is 0 Å². The summed E-state index contributed by atoms with van der Waals surface area (Å²) in [6.45, 7) is 0. The van der Waals surface area contributed by atoms with E-state index < -0.39 is 30.8 Å². The predicted octanol–water partition coefficient (Wildman–Crippen LogP) is 1.04. The highest BCUT2D eigenvalue weighted by Crippen LogP contribution is 2.26. The van der Waals surface area contributed by atoms with Gasteiger partial charge in [-0.1, -0.05) is 0 Å². The summed E-state index contributed by atoms with van der Waals surface area (Å²) in [6.07, 6.45) is -3.89. The van der Waals surface area contributed by atoms with Crippen LogP contribution in [-0.4, -0.2) is 24.4 Å². The van der Waals surface area contributed by atoms with Crippen LogP contribution in [0.4, 0.5) is 17.6 Å². The molecule has 0 spiro atoms. The summed E-state index contributed by atoms with van der Waals surface area (Å²) in [5, 5.41) is 0. The molecule has 0 amide bonds. The first kappa shape index (κ1) is 10.1. The average molecular weight is 172 g/mol. The highest BCUT2D eigenvalue weighted by atomic mass is 19.3. The van der Waals surface area contributed by atoms with E-state index in [0.29, 0.717) is 0 Å². The van der Waals surface area contributed by atoms with Gasteiger partial charge in [-0.3, -0.25) is 9.59 Å². The fourth-order valence-corrected chi connectivity index (χ4v) is 0.398. The maximum atomic E-state index is 11.8. The van der Waals surface area contributed by atoms with Crippen LogP contribution in [0.5, 0.6) is 0 Å². The van der Waals surface area contributed by atoms with E-state index in [4.69, 9.17) is 0 Å². The van der Waals surface area contributed by atoms with Gasteiger partial charge in [-0.05, 0) is 0 Å². The zero-order valence-electron chi connectivity index (χ0n) is 5.19. The smallest absolute Gasteiger partial charge is 0.297 e. The number of hydrogen-bond donors (Lipinski definition) is 0. The van der Waals surface area contributed by atoms with Crippen LogP contribution in [0.15, 0.2) is 0 Å². The van der Waals surface area contributed by atoms with Gasteiger partial charge in [0.25, 0.3) is 0 Å². The van der Waals surface area contributed by atoms with E-state index in [1.54, 1.807) is 0 Å². The third-order valence-corrected chi connectivity index (χ3v) is 0.816. The van der Waals surface area contributed by atoms with Crippen LogP contribution in [0, 0.1) is 0 Å². The Kier molecular flexibility index (Phi) is 2.72. The highest BCUT2D eigenvalue weighted by Gasteiger charge is 2.42. The Balaban J connectivity index is 4.23. The molecule has 0 aliphatic heterocycles. The summed E-state index contributed by atoms with van der Waals surface area (Å²) >= 11 is 0. The Morgan fingerprint density at radius 2 is 1.18 bits per heavy atom. The molecular formula is C5H4F4O2. The molecule has 0 aliphatic carbocycles. The van der Waals surface area contributed by atoms with Gasteiger partial charge in [0.2, 0.25) is 0 Å². The van der Waals surface area contributed by atoms with Crippen LogP contribution < -0.4 is 0 Å². The van der Waals surface area contributed by atoms with E-state index in [9.17, 15) is 27.2 Å². The minimum atomic E-state index is -4.13. The van der Waals surface area contributed by atoms with Gasteiger partial charge in [0.05, 0.1) is 6.42 Å².